The number of thiophene rings is 1. The predicted octanol–water partition coefficient (Wildman–Crippen LogP) is 3.65. The number of carbonyl (C=O) groups is 2. The van der Waals surface area contributed by atoms with Crippen LogP contribution in [-0.2, 0) is 16.1 Å². The van der Waals surface area contributed by atoms with Gasteiger partial charge in [-0.15, -0.1) is 11.3 Å². The van der Waals surface area contributed by atoms with Crippen LogP contribution in [0.1, 0.15) is 16.9 Å². The fraction of sp³-hybridized carbons (Fsp3) is 0.174. The number of aliphatic imine (C=N–C) groups is 1. The first-order valence-corrected chi connectivity index (χ1v) is 10.7. The van der Waals surface area contributed by atoms with E-state index in [1.54, 1.807) is 11.3 Å². The topological polar surface area (TPSA) is 80.2 Å². The van der Waals surface area contributed by atoms with Gasteiger partial charge in [0.2, 0.25) is 18.6 Å². The van der Waals surface area contributed by atoms with Crippen LogP contribution < -0.4 is 19.7 Å². The highest BCUT2D eigenvalue weighted by Crippen LogP contribution is 2.34. The summed E-state index contributed by atoms with van der Waals surface area (Å²) in [7, 11) is 0. The molecule has 7 nitrogen and oxygen atoms in total. The van der Waals surface area contributed by atoms with Crippen LogP contribution in [0.25, 0.3) is 0 Å². The quantitative estimate of drug-likeness (QED) is 0.666. The van der Waals surface area contributed by atoms with Crippen molar-refractivity contribution >= 4 is 40.2 Å². The molecule has 0 fully saturated rings. The molecule has 0 atom stereocenters. The molecule has 0 radical (unpaired) electrons. The monoisotopic (exact) mass is 433 g/mol. The molecule has 8 heteroatoms. The highest BCUT2D eigenvalue weighted by Gasteiger charge is 2.27. The molecule has 0 spiro atoms. The lowest BCUT2D eigenvalue weighted by Gasteiger charge is -2.22. The molecule has 1 aromatic heterocycles. The maximum atomic E-state index is 13.1. The van der Waals surface area contributed by atoms with Gasteiger partial charge in [0.15, 0.2) is 11.5 Å². The summed E-state index contributed by atoms with van der Waals surface area (Å²) in [5, 5.41) is 4.84. The molecule has 5 rings (SSSR count). The molecule has 0 unspecified atom stereocenters. The summed E-state index contributed by atoms with van der Waals surface area (Å²) in [5.41, 5.74) is 2.93. The molecule has 0 aliphatic carbocycles. The summed E-state index contributed by atoms with van der Waals surface area (Å²) < 4.78 is 10.7. The summed E-state index contributed by atoms with van der Waals surface area (Å²) in [6.07, 6.45) is 0.143. The third kappa shape index (κ3) is 4.02. The van der Waals surface area contributed by atoms with Crippen molar-refractivity contribution in [3.05, 3.63) is 70.4 Å². The maximum absolute atomic E-state index is 13.1. The molecule has 2 amide bonds. The summed E-state index contributed by atoms with van der Waals surface area (Å²) in [6.45, 7) is 0.459. The van der Waals surface area contributed by atoms with Gasteiger partial charge in [-0.05, 0) is 41.3 Å². The number of nitrogens with zero attached hydrogens (tertiary/aromatic N) is 2. The molecule has 2 aromatic carbocycles. The molecule has 0 saturated carbocycles. The molecule has 2 aliphatic heterocycles. The second kappa shape index (κ2) is 8.23. The van der Waals surface area contributed by atoms with Crippen molar-refractivity contribution < 1.29 is 19.1 Å². The van der Waals surface area contributed by atoms with E-state index in [2.05, 4.69) is 5.32 Å². The van der Waals surface area contributed by atoms with E-state index in [1.165, 1.54) is 4.90 Å². The summed E-state index contributed by atoms with van der Waals surface area (Å²) in [6, 6.07) is 16.8. The van der Waals surface area contributed by atoms with Crippen LogP contribution in [0.5, 0.6) is 11.5 Å². The molecule has 31 heavy (non-hydrogen) atoms. The summed E-state index contributed by atoms with van der Waals surface area (Å²) >= 11 is 1.54. The van der Waals surface area contributed by atoms with Gasteiger partial charge in [0, 0.05) is 11.4 Å². The number of hydrogen-bond acceptors (Lipinski definition) is 6. The van der Waals surface area contributed by atoms with E-state index in [0.29, 0.717) is 29.4 Å². The van der Waals surface area contributed by atoms with Crippen LogP contribution in [0.4, 0.5) is 11.4 Å². The Morgan fingerprint density at radius 2 is 1.97 bits per heavy atom. The van der Waals surface area contributed by atoms with Crippen LogP contribution in [0.3, 0.4) is 0 Å². The molecule has 1 N–H and O–H groups in total. The van der Waals surface area contributed by atoms with Crippen molar-refractivity contribution in [1.82, 2.24) is 5.32 Å². The minimum absolute atomic E-state index is 0.0758. The molecular formula is C23H19N3O4S. The predicted molar refractivity (Wildman–Crippen MR) is 118 cm³/mol. The standard InChI is InChI=1S/C23H19N3O4S/c27-22(24-12-15-7-8-19-20(10-15)30-14-29-19)13-26-18-5-2-1-4-16(18)25-17(11-23(26)28)21-6-3-9-31-21/h1-10H,11-14H2,(H,24,27). The first-order valence-electron chi connectivity index (χ1n) is 9.83. The summed E-state index contributed by atoms with van der Waals surface area (Å²) in [4.78, 5) is 32.9. The minimum atomic E-state index is -0.250. The normalized spacial score (nSPS) is 14.6. The third-order valence-corrected chi connectivity index (χ3v) is 6.00. The Hall–Kier alpha value is -3.65. The number of nitrogens with one attached hydrogen (secondary N) is 1. The zero-order chi connectivity index (χ0) is 21.2. The number of para-hydroxylation sites is 2. The van der Waals surface area contributed by atoms with Gasteiger partial charge in [-0.25, -0.2) is 4.99 Å². The van der Waals surface area contributed by atoms with Crippen molar-refractivity contribution in [2.75, 3.05) is 18.2 Å². The van der Waals surface area contributed by atoms with E-state index in [0.717, 1.165) is 16.2 Å². The van der Waals surface area contributed by atoms with E-state index in [4.69, 9.17) is 14.5 Å². The molecule has 0 bridgehead atoms. The van der Waals surface area contributed by atoms with Gasteiger partial charge in [0.25, 0.3) is 0 Å². The molecule has 156 valence electrons. The molecule has 0 saturated heterocycles. The van der Waals surface area contributed by atoms with Gasteiger partial charge < -0.3 is 19.7 Å². The lowest BCUT2D eigenvalue weighted by molar-refractivity contribution is -0.123. The number of ether oxygens (including phenoxy) is 2. The molecule has 3 heterocycles. The van der Waals surface area contributed by atoms with Crippen molar-refractivity contribution in [1.29, 1.82) is 0 Å². The molecule has 2 aliphatic rings. The van der Waals surface area contributed by atoms with Crippen molar-refractivity contribution in [3.63, 3.8) is 0 Å². The van der Waals surface area contributed by atoms with Crippen LogP contribution >= 0.6 is 11.3 Å². The average Bonchev–Trinajstić information content (AvgIpc) is 3.45. The van der Waals surface area contributed by atoms with Crippen molar-refractivity contribution in [2.24, 2.45) is 4.99 Å². The molecule has 3 aromatic rings. The smallest absolute Gasteiger partial charge is 0.240 e. The average molecular weight is 433 g/mol. The Labute approximate surface area is 182 Å². The van der Waals surface area contributed by atoms with E-state index in [9.17, 15) is 9.59 Å². The van der Waals surface area contributed by atoms with Gasteiger partial charge >= 0.3 is 0 Å². The Morgan fingerprint density at radius 1 is 1.10 bits per heavy atom. The number of carbonyl (C=O) groups excluding carboxylic acids is 2. The van der Waals surface area contributed by atoms with Crippen LogP contribution in [0.15, 0.2) is 65.0 Å². The van der Waals surface area contributed by atoms with Crippen molar-refractivity contribution in [3.8, 4) is 11.5 Å². The Balaban J connectivity index is 1.31. The van der Waals surface area contributed by atoms with Crippen LogP contribution in [0, 0.1) is 0 Å². The second-order valence-electron chi connectivity index (χ2n) is 7.15. The van der Waals surface area contributed by atoms with Gasteiger partial charge in [0.05, 0.1) is 23.5 Å². The van der Waals surface area contributed by atoms with E-state index in [-0.39, 0.29) is 31.6 Å². The maximum Gasteiger partial charge on any atom is 0.240 e. The number of fused-ring (bicyclic) bond motifs is 2. The van der Waals surface area contributed by atoms with Gasteiger partial charge in [-0.2, -0.15) is 0 Å². The first-order chi connectivity index (χ1) is 15.2. The Kier molecular flexibility index (Phi) is 5.13. The number of anilines is 1. The highest BCUT2D eigenvalue weighted by atomic mass is 32.1. The second-order valence-corrected chi connectivity index (χ2v) is 8.09. The van der Waals surface area contributed by atoms with Gasteiger partial charge in [0.1, 0.15) is 6.54 Å². The SMILES string of the molecule is O=C(CN1C(=O)CC(c2cccs2)=Nc2ccccc21)NCc1ccc2c(c1)OCO2. The van der Waals surface area contributed by atoms with E-state index in [1.807, 2.05) is 60.0 Å². The number of benzene rings is 2. The Bertz CT molecular complexity index is 1170. The van der Waals surface area contributed by atoms with Gasteiger partial charge in [-0.1, -0.05) is 24.3 Å². The fourth-order valence-electron chi connectivity index (χ4n) is 3.55. The lowest BCUT2D eigenvalue weighted by Crippen LogP contribution is -2.40. The summed E-state index contributed by atoms with van der Waals surface area (Å²) in [5.74, 6) is 0.959. The van der Waals surface area contributed by atoms with Crippen LogP contribution in [0.2, 0.25) is 0 Å². The van der Waals surface area contributed by atoms with Gasteiger partial charge in [-0.3, -0.25) is 9.59 Å². The zero-order valence-electron chi connectivity index (χ0n) is 16.5. The highest BCUT2D eigenvalue weighted by molar-refractivity contribution is 7.12. The van der Waals surface area contributed by atoms with Crippen LogP contribution in [-0.4, -0.2) is 30.9 Å². The number of hydrogen-bond donors (Lipinski definition) is 1. The minimum Gasteiger partial charge on any atom is -0.454 e. The zero-order valence-corrected chi connectivity index (χ0v) is 17.4. The first kappa shape index (κ1) is 19.3. The largest absolute Gasteiger partial charge is 0.454 e. The third-order valence-electron chi connectivity index (χ3n) is 5.08. The fourth-order valence-corrected chi connectivity index (χ4v) is 4.27. The van der Waals surface area contributed by atoms with E-state index < -0.39 is 0 Å². The Morgan fingerprint density at radius 3 is 2.84 bits per heavy atom. The lowest BCUT2D eigenvalue weighted by atomic mass is 10.2. The number of rotatable bonds is 5. The molecular weight excluding hydrogens is 414 g/mol. The number of amides is 2. The van der Waals surface area contributed by atoms with E-state index >= 15 is 0 Å². The van der Waals surface area contributed by atoms with Crippen molar-refractivity contribution in [2.45, 2.75) is 13.0 Å².